The standard InChI is InChI=1S/C17H16ClNO/c18-14-6-3-5-12(10-14)15(8-9-20)17-11-13-4-1-2-7-16(13)19-17/h1-3,5-6,9-11,15,19H,4,7-8H2/t15-/m0/s1. The maximum absolute atomic E-state index is 11.0. The molecule has 2 nitrogen and oxygen atoms in total. The van der Waals surface area contributed by atoms with Crippen molar-refractivity contribution in [3.05, 3.63) is 70.0 Å². The molecule has 0 bridgehead atoms. The lowest BCUT2D eigenvalue weighted by Gasteiger charge is -2.13. The lowest BCUT2D eigenvalue weighted by atomic mass is 9.92. The van der Waals surface area contributed by atoms with E-state index < -0.39 is 0 Å². The summed E-state index contributed by atoms with van der Waals surface area (Å²) in [5.74, 6) is 0.0526. The fraction of sp³-hybridized carbons (Fsp3) is 0.235. The number of halogens is 1. The second-order valence-electron chi connectivity index (χ2n) is 5.12. The van der Waals surface area contributed by atoms with Crippen LogP contribution < -0.4 is 0 Å². The van der Waals surface area contributed by atoms with Gasteiger partial charge in [0.15, 0.2) is 0 Å². The fourth-order valence-corrected chi connectivity index (χ4v) is 2.99. The summed E-state index contributed by atoms with van der Waals surface area (Å²) in [6, 6.07) is 9.94. The Balaban J connectivity index is 1.98. The lowest BCUT2D eigenvalue weighted by molar-refractivity contribution is -0.108. The van der Waals surface area contributed by atoms with E-state index in [1.165, 1.54) is 11.3 Å². The molecule has 0 amide bonds. The van der Waals surface area contributed by atoms with Crippen LogP contribution >= 0.6 is 11.6 Å². The highest BCUT2D eigenvalue weighted by Crippen LogP contribution is 2.31. The molecule has 0 saturated carbocycles. The number of nitrogens with one attached hydrogen (secondary N) is 1. The van der Waals surface area contributed by atoms with Crippen LogP contribution in [0.2, 0.25) is 5.02 Å². The van der Waals surface area contributed by atoms with E-state index in [0.717, 1.165) is 30.4 Å². The molecule has 1 atom stereocenters. The van der Waals surface area contributed by atoms with Crippen LogP contribution in [0.1, 0.15) is 34.9 Å². The van der Waals surface area contributed by atoms with Crippen LogP contribution in [0.3, 0.4) is 0 Å². The summed E-state index contributed by atoms with van der Waals surface area (Å²) in [7, 11) is 0. The monoisotopic (exact) mass is 285 g/mol. The Hall–Kier alpha value is -1.80. The van der Waals surface area contributed by atoms with Crippen LogP contribution in [-0.2, 0) is 17.6 Å². The summed E-state index contributed by atoms with van der Waals surface area (Å²) in [4.78, 5) is 14.5. The molecule has 1 aliphatic rings. The number of aromatic amines is 1. The van der Waals surface area contributed by atoms with Gasteiger partial charge in [0.05, 0.1) is 0 Å². The van der Waals surface area contributed by atoms with E-state index in [-0.39, 0.29) is 5.92 Å². The maximum atomic E-state index is 11.0. The quantitative estimate of drug-likeness (QED) is 0.667. The number of hydrogen-bond donors (Lipinski definition) is 1. The molecule has 2 aromatic rings. The summed E-state index contributed by atoms with van der Waals surface area (Å²) in [5, 5.41) is 0.705. The van der Waals surface area contributed by atoms with Crippen LogP contribution in [-0.4, -0.2) is 11.3 Å². The van der Waals surface area contributed by atoms with Gasteiger partial charge in [-0.15, -0.1) is 0 Å². The second kappa shape index (κ2) is 5.68. The summed E-state index contributed by atoms with van der Waals surface area (Å²) in [6.45, 7) is 0. The minimum Gasteiger partial charge on any atom is -0.361 e. The highest BCUT2D eigenvalue weighted by Gasteiger charge is 2.19. The topological polar surface area (TPSA) is 32.9 Å². The molecule has 0 aliphatic heterocycles. The minimum atomic E-state index is 0.0526. The highest BCUT2D eigenvalue weighted by molar-refractivity contribution is 6.30. The molecular weight excluding hydrogens is 270 g/mol. The minimum absolute atomic E-state index is 0.0526. The molecule has 1 N–H and O–H groups in total. The van der Waals surface area contributed by atoms with Crippen molar-refractivity contribution in [2.75, 3.05) is 0 Å². The Labute approximate surface area is 123 Å². The van der Waals surface area contributed by atoms with Crippen LogP contribution in [0.25, 0.3) is 0 Å². The van der Waals surface area contributed by atoms with Crippen molar-refractivity contribution in [2.45, 2.75) is 25.2 Å². The molecule has 102 valence electrons. The smallest absolute Gasteiger partial charge is 0.120 e. The van der Waals surface area contributed by atoms with E-state index >= 15 is 0 Å². The van der Waals surface area contributed by atoms with E-state index in [4.69, 9.17) is 11.6 Å². The molecule has 3 heteroatoms. The van der Waals surface area contributed by atoms with E-state index in [9.17, 15) is 4.79 Å². The fourth-order valence-electron chi connectivity index (χ4n) is 2.79. The largest absolute Gasteiger partial charge is 0.361 e. The molecule has 0 saturated heterocycles. The van der Waals surface area contributed by atoms with Gasteiger partial charge in [-0.3, -0.25) is 0 Å². The zero-order chi connectivity index (χ0) is 13.9. The number of hydrogen-bond acceptors (Lipinski definition) is 1. The third-order valence-corrected chi connectivity index (χ3v) is 4.03. The normalized spacial score (nSPS) is 14.8. The van der Waals surface area contributed by atoms with Crippen molar-refractivity contribution in [1.82, 2.24) is 4.98 Å². The predicted octanol–water partition coefficient (Wildman–Crippen LogP) is 4.04. The molecule has 20 heavy (non-hydrogen) atoms. The number of H-pyrrole nitrogens is 1. The Morgan fingerprint density at radius 2 is 2.10 bits per heavy atom. The van der Waals surface area contributed by atoms with Gasteiger partial charge in [-0.25, -0.2) is 0 Å². The lowest BCUT2D eigenvalue weighted by Crippen LogP contribution is -2.03. The predicted molar refractivity (Wildman–Crippen MR) is 81.3 cm³/mol. The molecular formula is C17H16ClNO. The van der Waals surface area contributed by atoms with E-state index in [1.54, 1.807) is 0 Å². The van der Waals surface area contributed by atoms with Gasteiger partial charge in [-0.1, -0.05) is 35.9 Å². The molecule has 1 aromatic carbocycles. The first-order chi connectivity index (χ1) is 9.78. The van der Waals surface area contributed by atoms with Crippen molar-refractivity contribution < 1.29 is 4.79 Å². The number of benzene rings is 1. The zero-order valence-electron chi connectivity index (χ0n) is 11.1. The zero-order valence-corrected chi connectivity index (χ0v) is 11.9. The van der Waals surface area contributed by atoms with Crippen molar-refractivity contribution in [2.24, 2.45) is 0 Å². The Morgan fingerprint density at radius 3 is 2.85 bits per heavy atom. The molecule has 0 radical (unpaired) electrons. The molecule has 0 unspecified atom stereocenters. The first-order valence-corrected chi connectivity index (χ1v) is 7.20. The van der Waals surface area contributed by atoms with E-state index in [2.05, 4.69) is 23.2 Å². The van der Waals surface area contributed by atoms with Gasteiger partial charge in [0.1, 0.15) is 6.29 Å². The first-order valence-electron chi connectivity index (χ1n) is 6.82. The van der Waals surface area contributed by atoms with Crippen LogP contribution in [0.15, 0.2) is 42.5 Å². The van der Waals surface area contributed by atoms with Gasteiger partial charge in [-0.2, -0.15) is 0 Å². The Morgan fingerprint density at radius 1 is 1.25 bits per heavy atom. The Kier molecular flexibility index (Phi) is 3.75. The first kappa shape index (κ1) is 13.2. The van der Waals surface area contributed by atoms with E-state index in [1.807, 2.05) is 24.3 Å². The molecule has 1 heterocycles. The van der Waals surface area contributed by atoms with Crippen molar-refractivity contribution in [1.29, 1.82) is 0 Å². The third kappa shape index (κ3) is 2.56. The van der Waals surface area contributed by atoms with Gasteiger partial charge < -0.3 is 9.78 Å². The van der Waals surface area contributed by atoms with Gasteiger partial charge in [0.2, 0.25) is 0 Å². The molecule has 0 spiro atoms. The van der Waals surface area contributed by atoms with Gasteiger partial charge >= 0.3 is 0 Å². The number of allylic oxidation sites excluding steroid dienone is 2. The van der Waals surface area contributed by atoms with Gasteiger partial charge in [-0.05, 0) is 35.7 Å². The number of fused-ring (bicyclic) bond motifs is 1. The Bertz CT molecular complexity index is 631. The van der Waals surface area contributed by atoms with Gasteiger partial charge in [0, 0.05) is 35.2 Å². The van der Waals surface area contributed by atoms with Crippen molar-refractivity contribution >= 4 is 17.9 Å². The SMILES string of the molecule is O=CC[C@@H](c1cccc(Cl)c1)c1cc2c([nH]1)CC=CC2. The summed E-state index contributed by atoms with van der Waals surface area (Å²) in [6.07, 6.45) is 7.72. The number of carbonyl (C=O) groups excluding carboxylic acids is 1. The summed E-state index contributed by atoms with van der Waals surface area (Å²) >= 11 is 6.07. The number of aldehydes is 1. The molecule has 1 aliphatic carbocycles. The van der Waals surface area contributed by atoms with Crippen molar-refractivity contribution in [3.8, 4) is 0 Å². The summed E-state index contributed by atoms with van der Waals surface area (Å²) < 4.78 is 0. The molecule has 1 aromatic heterocycles. The summed E-state index contributed by atoms with van der Waals surface area (Å²) in [5.41, 5.74) is 4.78. The molecule has 3 rings (SSSR count). The van der Waals surface area contributed by atoms with Crippen LogP contribution in [0, 0.1) is 0 Å². The van der Waals surface area contributed by atoms with E-state index in [0.29, 0.717) is 11.4 Å². The third-order valence-electron chi connectivity index (χ3n) is 3.80. The van der Waals surface area contributed by atoms with Crippen molar-refractivity contribution in [3.63, 3.8) is 0 Å². The maximum Gasteiger partial charge on any atom is 0.120 e. The number of carbonyl (C=O) groups is 1. The van der Waals surface area contributed by atoms with Gasteiger partial charge in [0.25, 0.3) is 0 Å². The number of aromatic nitrogens is 1. The highest BCUT2D eigenvalue weighted by atomic mass is 35.5. The average Bonchev–Trinajstić information content (AvgIpc) is 2.88. The molecule has 0 fully saturated rings. The average molecular weight is 286 g/mol. The number of rotatable bonds is 4. The van der Waals surface area contributed by atoms with Crippen LogP contribution in [0.4, 0.5) is 0 Å². The second-order valence-corrected chi connectivity index (χ2v) is 5.55. The van der Waals surface area contributed by atoms with Crippen LogP contribution in [0.5, 0.6) is 0 Å².